The van der Waals surface area contributed by atoms with Gasteiger partial charge in [0.2, 0.25) is 5.91 Å². The van der Waals surface area contributed by atoms with Crippen molar-refractivity contribution in [1.29, 1.82) is 0 Å². The van der Waals surface area contributed by atoms with Gasteiger partial charge in [0.1, 0.15) is 5.75 Å². The number of carbonyl (C=O) groups excluding carboxylic acids is 2. The molecule has 27 heavy (non-hydrogen) atoms. The first kappa shape index (κ1) is 17.1. The van der Waals surface area contributed by atoms with Crippen molar-refractivity contribution in [3.63, 3.8) is 0 Å². The third-order valence-electron chi connectivity index (χ3n) is 4.97. The lowest BCUT2D eigenvalue weighted by Gasteiger charge is -2.12. The van der Waals surface area contributed by atoms with Crippen LogP contribution in [0.1, 0.15) is 33.9 Å². The standard InChI is InChI=1S/C21H21N3O3/c1-27-14-6-7-18-17(10-14)13(12-23-18)8-9-22-20(25)11-19-15-4-2-3-5-16(15)21(26)24-19/h2-7,10,12,19,23H,8-9,11H2,1H3,(H,22,25)(H,24,26)/t19-/m0/s1. The topological polar surface area (TPSA) is 83.2 Å². The zero-order valence-electron chi connectivity index (χ0n) is 15.0. The fourth-order valence-electron chi connectivity index (χ4n) is 3.57. The minimum Gasteiger partial charge on any atom is -0.497 e. The van der Waals surface area contributed by atoms with E-state index in [2.05, 4.69) is 15.6 Å². The van der Waals surface area contributed by atoms with Gasteiger partial charge in [0.05, 0.1) is 19.6 Å². The molecule has 0 aliphatic carbocycles. The summed E-state index contributed by atoms with van der Waals surface area (Å²) >= 11 is 0. The van der Waals surface area contributed by atoms with Crippen LogP contribution in [-0.4, -0.2) is 30.5 Å². The number of fused-ring (bicyclic) bond motifs is 2. The van der Waals surface area contributed by atoms with Crippen molar-refractivity contribution in [2.75, 3.05) is 13.7 Å². The fraction of sp³-hybridized carbons (Fsp3) is 0.238. The minimum atomic E-state index is -0.258. The number of nitrogens with one attached hydrogen (secondary N) is 3. The second kappa shape index (κ2) is 7.15. The van der Waals surface area contributed by atoms with E-state index in [1.807, 2.05) is 42.6 Å². The Balaban J connectivity index is 1.35. The predicted octanol–water partition coefficient (Wildman–Crippen LogP) is 2.71. The summed E-state index contributed by atoms with van der Waals surface area (Å²) in [5, 5.41) is 6.92. The van der Waals surface area contributed by atoms with Crippen LogP contribution in [0, 0.1) is 0 Å². The van der Waals surface area contributed by atoms with E-state index >= 15 is 0 Å². The Bertz CT molecular complexity index is 1010. The Labute approximate surface area is 156 Å². The summed E-state index contributed by atoms with van der Waals surface area (Å²) < 4.78 is 5.28. The molecule has 0 saturated carbocycles. The highest BCUT2D eigenvalue weighted by molar-refractivity contribution is 5.99. The van der Waals surface area contributed by atoms with Crippen LogP contribution < -0.4 is 15.4 Å². The van der Waals surface area contributed by atoms with Gasteiger partial charge >= 0.3 is 0 Å². The molecule has 138 valence electrons. The molecular formula is C21H21N3O3. The van der Waals surface area contributed by atoms with Crippen LogP contribution in [0.5, 0.6) is 5.75 Å². The van der Waals surface area contributed by atoms with Gasteiger partial charge in [-0.05, 0) is 41.8 Å². The van der Waals surface area contributed by atoms with E-state index in [9.17, 15) is 9.59 Å². The van der Waals surface area contributed by atoms with Crippen LogP contribution in [0.3, 0.4) is 0 Å². The molecule has 0 bridgehead atoms. The molecule has 1 aliphatic rings. The van der Waals surface area contributed by atoms with Crippen LogP contribution in [0.15, 0.2) is 48.7 Å². The monoisotopic (exact) mass is 363 g/mol. The summed E-state index contributed by atoms with van der Waals surface area (Å²) in [6.45, 7) is 0.533. The molecule has 6 heteroatoms. The molecule has 6 nitrogen and oxygen atoms in total. The van der Waals surface area contributed by atoms with Gasteiger partial charge in [0, 0.05) is 29.2 Å². The number of hydrogen-bond acceptors (Lipinski definition) is 3. The number of ether oxygens (including phenoxy) is 1. The van der Waals surface area contributed by atoms with E-state index in [0.29, 0.717) is 18.5 Å². The maximum absolute atomic E-state index is 12.3. The number of hydrogen-bond donors (Lipinski definition) is 3. The lowest BCUT2D eigenvalue weighted by molar-refractivity contribution is -0.121. The van der Waals surface area contributed by atoms with Gasteiger partial charge in [0.25, 0.3) is 5.91 Å². The number of H-pyrrole nitrogens is 1. The summed E-state index contributed by atoms with van der Waals surface area (Å²) in [6.07, 6.45) is 2.92. The second-order valence-electron chi connectivity index (χ2n) is 6.64. The Kier molecular flexibility index (Phi) is 4.54. The molecular weight excluding hydrogens is 342 g/mol. The highest BCUT2D eigenvalue weighted by atomic mass is 16.5. The number of amides is 2. The molecule has 0 saturated heterocycles. The molecule has 3 aromatic rings. The quantitative estimate of drug-likeness (QED) is 0.630. The second-order valence-corrected chi connectivity index (χ2v) is 6.64. The Morgan fingerprint density at radius 3 is 2.93 bits per heavy atom. The first-order valence-corrected chi connectivity index (χ1v) is 8.96. The maximum atomic E-state index is 12.3. The lowest BCUT2D eigenvalue weighted by atomic mass is 10.0. The average molecular weight is 363 g/mol. The largest absolute Gasteiger partial charge is 0.497 e. The number of aromatic nitrogens is 1. The van der Waals surface area contributed by atoms with E-state index in [0.717, 1.165) is 27.8 Å². The molecule has 1 aliphatic heterocycles. The number of benzene rings is 2. The molecule has 3 N–H and O–H groups in total. The van der Waals surface area contributed by atoms with Crippen molar-refractivity contribution in [2.24, 2.45) is 0 Å². The van der Waals surface area contributed by atoms with Crippen molar-refractivity contribution in [1.82, 2.24) is 15.6 Å². The van der Waals surface area contributed by atoms with Crippen LogP contribution in [-0.2, 0) is 11.2 Å². The van der Waals surface area contributed by atoms with Gasteiger partial charge < -0.3 is 20.4 Å². The van der Waals surface area contributed by atoms with Crippen LogP contribution in [0.4, 0.5) is 0 Å². The minimum absolute atomic E-state index is 0.0746. The van der Waals surface area contributed by atoms with Gasteiger partial charge in [-0.1, -0.05) is 18.2 Å². The summed E-state index contributed by atoms with van der Waals surface area (Å²) in [5.74, 6) is 0.619. The zero-order chi connectivity index (χ0) is 18.8. The van der Waals surface area contributed by atoms with E-state index in [4.69, 9.17) is 4.74 Å². The molecule has 2 aromatic carbocycles. The van der Waals surface area contributed by atoms with Crippen molar-refractivity contribution < 1.29 is 14.3 Å². The van der Waals surface area contributed by atoms with Gasteiger partial charge in [-0.3, -0.25) is 9.59 Å². The van der Waals surface area contributed by atoms with Gasteiger partial charge in [-0.25, -0.2) is 0 Å². The van der Waals surface area contributed by atoms with Crippen molar-refractivity contribution >= 4 is 22.7 Å². The van der Waals surface area contributed by atoms with Crippen LogP contribution in [0.25, 0.3) is 10.9 Å². The zero-order valence-corrected chi connectivity index (χ0v) is 15.0. The lowest BCUT2D eigenvalue weighted by Crippen LogP contribution is -2.30. The first-order valence-electron chi connectivity index (χ1n) is 8.96. The smallest absolute Gasteiger partial charge is 0.252 e. The fourth-order valence-corrected chi connectivity index (χ4v) is 3.57. The van der Waals surface area contributed by atoms with Crippen LogP contribution >= 0.6 is 0 Å². The average Bonchev–Trinajstić information content (AvgIpc) is 3.23. The number of aromatic amines is 1. The van der Waals surface area contributed by atoms with Gasteiger partial charge in [0.15, 0.2) is 0 Å². The third-order valence-corrected chi connectivity index (χ3v) is 4.97. The van der Waals surface area contributed by atoms with E-state index in [-0.39, 0.29) is 24.3 Å². The van der Waals surface area contributed by atoms with E-state index in [1.54, 1.807) is 13.2 Å². The number of rotatable bonds is 6. The first-order chi connectivity index (χ1) is 13.2. The van der Waals surface area contributed by atoms with Gasteiger partial charge in [-0.2, -0.15) is 0 Å². The van der Waals surface area contributed by atoms with Crippen molar-refractivity contribution in [3.8, 4) is 5.75 Å². The highest BCUT2D eigenvalue weighted by Crippen LogP contribution is 2.27. The predicted molar refractivity (Wildman–Crippen MR) is 103 cm³/mol. The molecule has 0 spiro atoms. The Hall–Kier alpha value is -3.28. The summed E-state index contributed by atoms with van der Waals surface area (Å²) in [4.78, 5) is 27.5. The molecule has 2 heterocycles. The maximum Gasteiger partial charge on any atom is 0.252 e. The molecule has 0 unspecified atom stereocenters. The normalized spacial score (nSPS) is 15.4. The Morgan fingerprint density at radius 1 is 1.22 bits per heavy atom. The van der Waals surface area contributed by atoms with Gasteiger partial charge in [-0.15, -0.1) is 0 Å². The van der Waals surface area contributed by atoms with E-state index in [1.165, 1.54) is 0 Å². The summed E-state index contributed by atoms with van der Waals surface area (Å²) in [5.41, 5.74) is 3.72. The molecule has 1 aromatic heterocycles. The van der Waals surface area contributed by atoms with E-state index < -0.39 is 0 Å². The Morgan fingerprint density at radius 2 is 2.07 bits per heavy atom. The molecule has 1 atom stereocenters. The number of methoxy groups -OCH3 is 1. The third kappa shape index (κ3) is 3.38. The summed E-state index contributed by atoms with van der Waals surface area (Å²) in [7, 11) is 1.65. The molecule has 4 rings (SSSR count). The summed E-state index contributed by atoms with van der Waals surface area (Å²) in [6, 6.07) is 13.0. The number of carbonyl (C=O) groups is 2. The molecule has 2 amide bonds. The highest BCUT2D eigenvalue weighted by Gasteiger charge is 2.29. The van der Waals surface area contributed by atoms with Crippen LogP contribution in [0.2, 0.25) is 0 Å². The van der Waals surface area contributed by atoms with Crippen molar-refractivity contribution in [2.45, 2.75) is 18.9 Å². The SMILES string of the molecule is COc1ccc2[nH]cc(CCNC(=O)C[C@@H]3NC(=O)c4ccccc43)c2c1. The molecule has 0 radical (unpaired) electrons. The molecule has 0 fully saturated rings. The van der Waals surface area contributed by atoms with Crippen molar-refractivity contribution in [3.05, 3.63) is 65.4 Å².